The highest BCUT2D eigenvalue weighted by molar-refractivity contribution is 5.76. The molecule has 4 nitrogen and oxygen atoms in total. The fraction of sp³-hybridized carbons (Fsp3) is 0.708. The number of nitrogens with one attached hydrogen (secondary N) is 1. The average Bonchev–Trinajstić information content (AvgIpc) is 2.68. The molecule has 0 aromatic heterocycles. The van der Waals surface area contributed by atoms with Crippen molar-refractivity contribution in [3.63, 3.8) is 0 Å². The number of hydrogen-bond donors (Lipinski definition) is 1. The lowest BCUT2D eigenvalue weighted by Gasteiger charge is -2.47. The Labute approximate surface area is 176 Å². The largest absolute Gasteiger partial charge is 0.384 e. The van der Waals surface area contributed by atoms with Gasteiger partial charge in [-0.1, -0.05) is 26.8 Å². The zero-order valence-corrected chi connectivity index (χ0v) is 18.5. The standard InChI is InChI=1S/C24H37FN2O2.H2/c1-23(2,3)10-13-27-14-11-24(12-15-27)9-7-21(26-22(28)8-16-29-4)19-6-5-18(25)17-20(19)24;/h5-6,17,21H,7-16H2,1-4H3,(H,26,28);1H/t21-;/m0./s1. The molecule has 1 atom stereocenters. The monoisotopic (exact) mass is 406 g/mol. The highest BCUT2D eigenvalue weighted by atomic mass is 19.1. The summed E-state index contributed by atoms with van der Waals surface area (Å²) in [4.78, 5) is 14.8. The molecule has 1 fully saturated rings. The zero-order valence-electron chi connectivity index (χ0n) is 18.5. The van der Waals surface area contributed by atoms with Crippen molar-refractivity contribution in [2.45, 2.75) is 70.8 Å². The van der Waals surface area contributed by atoms with Crippen LogP contribution in [0.15, 0.2) is 18.2 Å². The smallest absolute Gasteiger partial charge is 0.222 e. The van der Waals surface area contributed by atoms with Crippen LogP contribution in [0.1, 0.15) is 77.9 Å². The molecule has 0 unspecified atom stereocenters. The van der Waals surface area contributed by atoms with Crippen LogP contribution < -0.4 is 5.32 Å². The van der Waals surface area contributed by atoms with Gasteiger partial charge in [0.15, 0.2) is 0 Å². The Hall–Kier alpha value is -1.46. The summed E-state index contributed by atoms with van der Waals surface area (Å²) < 4.78 is 19.2. The Kier molecular flexibility index (Phi) is 7.00. The van der Waals surface area contributed by atoms with Crippen LogP contribution in [0.2, 0.25) is 0 Å². The molecule has 1 aliphatic carbocycles. The number of benzene rings is 1. The highest BCUT2D eigenvalue weighted by Gasteiger charge is 2.42. The van der Waals surface area contributed by atoms with Crippen molar-refractivity contribution in [3.05, 3.63) is 35.1 Å². The number of hydrogen-bond acceptors (Lipinski definition) is 3. The van der Waals surface area contributed by atoms with Crippen LogP contribution in [0.4, 0.5) is 4.39 Å². The van der Waals surface area contributed by atoms with Gasteiger partial charge in [-0.25, -0.2) is 4.39 Å². The SMILES string of the molecule is COCCC(=O)N[C@H]1CCC2(CCN(CCC(C)(C)C)CC2)c2cc(F)ccc21.[HH]. The summed E-state index contributed by atoms with van der Waals surface area (Å²) in [5.41, 5.74) is 2.62. The topological polar surface area (TPSA) is 41.6 Å². The van der Waals surface area contributed by atoms with E-state index in [1.54, 1.807) is 13.2 Å². The van der Waals surface area contributed by atoms with Crippen LogP contribution in [0.25, 0.3) is 0 Å². The first kappa shape index (κ1) is 22.2. The number of methoxy groups -OCH3 is 1. The number of likely N-dealkylation sites (tertiary alicyclic amines) is 1. The minimum atomic E-state index is -0.176. The predicted octanol–water partition coefficient (Wildman–Crippen LogP) is 4.83. The summed E-state index contributed by atoms with van der Waals surface area (Å²) in [6, 6.07) is 5.12. The maximum absolute atomic E-state index is 14.2. The Bertz CT molecular complexity index is 712. The molecule has 29 heavy (non-hydrogen) atoms. The van der Waals surface area contributed by atoms with E-state index in [4.69, 9.17) is 4.74 Å². The Morgan fingerprint density at radius 2 is 2.03 bits per heavy atom. The van der Waals surface area contributed by atoms with Gasteiger partial charge in [0.25, 0.3) is 0 Å². The number of halogens is 1. The molecule has 1 N–H and O–H groups in total. The maximum atomic E-state index is 14.2. The van der Waals surface area contributed by atoms with Gasteiger partial charge in [-0.3, -0.25) is 4.79 Å². The Morgan fingerprint density at radius 1 is 1.31 bits per heavy atom. The van der Waals surface area contributed by atoms with E-state index < -0.39 is 0 Å². The molecule has 0 saturated carbocycles. The number of carbonyl (C=O) groups is 1. The third-order valence-corrected chi connectivity index (χ3v) is 6.73. The van der Waals surface area contributed by atoms with Gasteiger partial charge >= 0.3 is 0 Å². The fourth-order valence-corrected chi connectivity index (χ4v) is 4.83. The molecule has 1 spiro atoms. The second kappa shape index (κ2) is 9.13. The van der Waals surface area contributed by atoms with E-state index in [0.717, 1.165) is 56.4 Å². The van der Waals surface area contributed by atoms with Gasteiger partial charge in [-0.15, -0.1) is 0 Å². The number of ether oxygens (including phenoxy) is 1. The highest BCUT2D eigenvalue weighted by Crippen LogP contribution is 2.48. The minimum Gasteiger partial charge on any atom is -0.384 e. The van der Waals surface area contributed by atoms with Crippen molar-refractivity contribution in [1.29, 1.82) is 0 Å². The number of amides is 1. The van der Waals surface area contributed by atoms with Crippen molar-refractivity contribution in [1.82, 2.24) is 10.2 Å². The van der Waals surface area contributed by atoms with E-state index in [-0.39, 0.29) is 24.6 Å². The number of rotatable bonds is 6. The van der Waals surface area contributed by atoms with Crippen molar-refractivity contribution in [3.8, 4) is 0 Å². The van der Waals surface area contributed by atoms with Crippen LogP contribution in [0.5, 0.6) is 0 Å². The van der Waals surface area contributed by atoms with Crippen LogP contribution in [0, 0.1) is 11.2 Å². The Balaban J connectivity index is 0.00000320. The van der Waals surface area contributed by atoms with Crippen molar-refractivity contribution < 1.29 is 15.3 Å². The molecule has 1 saturated heterocycles. The molecule has 1 aliphatic heterocycles. The molecule has 164 valence electrons. The second-order valence-electron chi connectivity index (χ2n) is 10.1. The summed E-state index contributed by atoms with van der Waals surface area (Å²) in [6.45, 7) is 10.6. The van der Waals surface area contributed by atoms with Crippen molar-refractivity contribution in [2.75, 3.05) is 33.4 Å². The number of carbonyl (C=O) groups excluding carboxylic acids is 1. The molecular formula is C24H39FN2O2. The normalized spacial score (nSPS) is 21.8. The first-order chi connectivity index (χ1) is 13.7. The Morgan fingerprint density at radius 3 is 2.69 bits per heavy atom. The van der Waals surface area contributed by atoms with Gasteiger partial charge in [0.05, 0.1) is 12.6 Å². The van der Waals surface area contributed by atoms with E-state index in [1.807, 2.05) is 6.07 Å². The van der Waals surface area contributed by atoms with Crippen LogP contribution >= 0.6 is 0 Å². The molecule has 0 radical (unpaired) electrons. The third-order valence-electron chi connectivity index (χ3n) is 6.73. The second-order valence-corrected chi connectivity index (χ2v) is 10.1. The lowest BCUT2D eigenvalue weighted by Crippen LogP contribution is -2.47. The summed E-state index contributed by atoms with van der Waals surface area (Å²) in [5.74, 6) is -0.176. The lowest BCUT2D eigenvalue weighted by molar-refractivity contribution is -0.122. The molecule has 5 heteroatoms. The van der Waals surface area contributed by atoms with E-state index in [2.05, 4.69) is 31.0 Å². The molecule has 1 amide bonds. The van der Waals surface area contributed by atoms with Gasteiger partial charge in [0, 0.05) is 15.0 Å². The van der Waals surface area contributed by atoms with Gasteiger partial charge < -0.3 is 15.0 Å². The van der Waals surface area contributed by atoms with Crippen molar-refractivity contribution in [2.24, 2.45) is 5.41 Å². The van der Waals surface area contributed by atoms with Gasteiger partial charge in [0.1, 0.15) is 5.82 Å². The molecule has 1 aromatic carbocycles. The average molecular weight is 407 g/mol. The van der Waals surface area contributed by atoms with Crippen molar-refractivity contribution >= 4 is 5.91 Å². The zero-order chi connectivity index (χ0) is 21.1. The first-order valence-electron chi connectivity index (χ1n) is 11.0. The van der Waals surface area contributed by atoms with E-state index in [1.165, 1.54) is 12.5 Å². The molecular weight excluding hydrogens is 367 g/mol. The molecule has 2 aliphatic rings. The minimum absolute atomic E-state index is 0. The summed E-state index contributed by atoms with van der Waals surface area (Å²) in [5, 5.41) is 3.15. The summed E-state index contributed by atoms with van der Waals surface area (Å²) in [7, 11) is 1.60. The van der Waals surface area contributed by atoms with E-state index >= 15 is 0 Å². The van der Waals surface area contributed by atoms with Crippen LogP contribution in [-0.4, -0.2) is 44.2 Å². The van der Waals surface area contributed by atoms with Gasteiger partial charge in [-0.2, -0.15) is 0 Å². The first-order valence-corrected chi connectivity index (χ1v) is 11.0. The number of piperidine rings is 1. The molecule has 1 heterocycles. The predicted molar refractivity (Wildman–Crippen MR) is 117 cm³/mol. The molecule has 0 bridgehead atoms. The maximum Gasteiger partial charge on any atom is 0.222 e. The quantitative estimate of drug-likeness (QED) is 0.736. The summed E-state index contributed by atoms with van der Waals surface area (Å²) in [6.07, 6.45) is 5.61. The van der Waals surface area contributed by atoms with Crippen LogP contribution in [-0.2, 0) is 14.9 Å². The van der Waals surface area contributed by atoms with Crippen LogP contribution in [0.3, 0.4) is 0 Å². The molecule has 1 aromatic rings. The fourth-order valence-electron chi connectivity index (χ4n) is 4.83. The van der Waals surface area contributed by atoms with Gasteiger partial charge in [0.2, 0.25) is 5.91 Å². The van der Waals surface area contributed by atoms with Gasteiger partial charge in [-0.05, 0) is 85.8 Å². The lowest BCUT2D eigenvalue weighted by atomic mass is 9.63. The summed E-state index contributed by atoms with van der Waals surface area (Å²) >= 11 is 0. The number of fused-ring (bicyclic) bond motifs is 2. The number of nitrogens with zero attached hydrogens (tertiary/aromatic N) is 1. The molecule has 3 rings (SSSR count). The third kappa shape index (κ3) is 5.58. The van der Waals surface area contributed by atoms with E-state index in [0.29, 0.717) is 18.4 Å². The van der Waals surface area contributed by atoms with E-state index in [9.17, 15) is 9.18 Å².